The number of rotatable bonds is 4. The number of primary amides is 1. The van der Waals surface area contributed by atoms with Gasteiger partial charge in [-0.2, -0.15) is 10.3 Å². The molecule has 2 N–H and O–H groups in total. The zero-order valence-corrected chi connectivity index (χ0v) is 16.3. The fourth-order valence-electron chi connectivity index (χ4n) is 7.18. The molecular weight excluding hydrogens is 348 g/mol. The van der Waals surface area contributed by atoms with Crippen LogP contribution in [0.2, 0.25) is 0 Å². The molecule has 5 nitrogen and oxygen atoms in total. The maximum absolute atomic E-state index is 12.2. The Labute approximate surface area is 166 Å². The van der Waals surface area contributed by atoms with E-state index in [-0.39, 0.29) is 11.3 Å². The summed E-state index contributed by atoms with van der Waals surface area (Å²) >= 11 is 0. The third-order valence-corrected chi connectivity index (χ3v) is 7.97. The van der Waals surface area contributed by atoms with Crippen LogP contribution in [0.25, 0.3) is 0 Å². The Morgan fingerprint density at radius 1 is 1.21 bits per heavy atom. The molecule has 5 heteroatoms. The van der Waals surface area contributed by atoms with Crippen molar-refractivity contribution in [2.45, 2.75) is 51.0 Å². The number of carbonyl (C=O) groups is 1. The molecule has 1 heterocycles. The largest absolute Gasteiger partial charge is 0.369 e. The number of nitrogens with zero attached hydrogens (tertiary/aromatic N) is 3. The molecule has 5 fully saturated rings. The second kappa shape index (κ2) is 6.62. The first-order chi connectivity index (χ1) is 13.6. The minimum absolute atomic E-state index is 0.0837. The van der Waals surface area contributed by atoms with E-state index < -0.39 is 0 Å². The molecule has 5 aliphatic rings. The highest BCUT2D eigenvalue weighted by atomic mass is 16.1. The van der Waals surface area contributed by atoms with Gasteiger partial charge in [0.05, 0.1) is 0 Å². The minimum atomic E-state index is -0.261. The molecule has 6 rings (SSSR count). The van der Waals surface area contributed by atoms with Crippen LogP contribution in [0.4, 0.5) is 0 Å². The molecule has 0 aromatic heterocycles. The summed E-state index contributed by atoms with van der Waals surface area (Å²) in [7, 11) is 0. The van der Waals surface area contributed by atoms with Crippen molar-refractivity contribution in [1.82, 2.24) is 4.90 Å². The van der Waals surface area contributed by atoms with E-state index in [0.717, 1.165) is 44.5 Å². The third kappa shape index (κ3) is 2.73. The zero-order valence-electron chi connectivity index (χ0n) is 16.3. The molecule has 1 aliphatic heterocycles. The van der Waals surface area contributed by atoms with E-state index in [0.29, 0.717) is 29.7 Å². The van der Waals surface area contributed by atoms with Gasteiger partial charge < -0.3 is 10.6 Å². The second-order valence-corrected chi connectivity index (χ2v) is 9.54. The van der Waals surface area contributed by atoms with E-state index in [9.17, 15) is 10.1 Å². The standard InChI is InChI=1S/C23H28N4O/c24-14-26-21-17(8-15-4-2-1-3-5-15)6-7-27(21)20-18-9-16-10-19(20)13-23(11-16,12-18)22(25)28/h1-5,16-20H,6-13H2,(H2,25,28)/b26-21-. The summed E-state index contributed by atoms with van der Waals surface area (Å²) in [6.07, 6.45) is 9.33. The van der Waals surface area contributed by atoms with Gasteiger partial charge in [0.15, 0.2) is 0 Å². The van der Waals surface area contributed by atoms with Crippen molar-refractivity contribution in [2.75, 3.05) is 6.54 Å². The van der Waals surface area contributed by atoms with Gasteiger partial charge in [-0.05, 0) is 68.3 Å². The number of nitriles is 1. The number of benzene rings is 1. The van der Waals surface area contributed by atoms with Crippen LogP contribution in [0.1, 0.15) is 44.1 Å². The molecule has 28 heavy (non-hydrogen) atoms. The Balaban J connectivity index is 1.40. The number of amidine groups is 1. The smallest absolute Gasteiger partial charge is 0.223 e. The molecule has 4 saturated carbocycles. The van der Waals surface area contributed by atoms with Crippen molar-refractivity contribution in [3.05, 3.63) is 35.9 Å². The van der Waals surface area contributed by atoms with Crippen molar-refractivity contribution in [2.24, 2.45) is 39.8 Å². The number of nitrogens with two attached hydrogens (primary N) is 1. The molecule has 1 aromatic carbocycles. The number of amides is 1. The number of aliphatic imine (C=N–C) groups is 1. The highest BCUT2D eigenvalue weighted by molar-refractivity contribution is 5.88. The lowest BCUT2D eigenvalue weighted by molar-refractivity contribution is -0.149. The van der Waals surface area contributed by atoms with Crippen LogP contribution < -0.4 is 5.73 Å². The molecule has 0 spiro atoms. The molecule has 0 radical (unpaired) electrons. The summed E-state index contributed by atoms with van der Waals surface area (Å²) in [5.41, 5.74) is 6.90. The second-order valence-electron chi connectivity index (χ2n) is 9.54. The summed E-state index contributed by atoms with van der Waals surface area (Å²) in [6, 6.07) is 10.9. The van der Waals surface area contributed by atoms with Crippen LogP contribution >= 0.6 is 0 Å². The van der Waals surface area contributed by atoms with Gasteiger partial charge in [0, 0.05) is 23.9 Å². The normalized spacial score (nSPS) is 40.0. The van der Waals surface area contributed by atoms with E-state index in [1.165, 1.54) is 18.4 Å². The van der Waals surface area contributed by atoms with Crippen LogP contribution in [0, 0.1) is 40.5 Å². The molecule has 3 atom stereocenters. The van der Waals surface area contributed by atoms with Gasteiger partial charge in [-0.25, -0.2) is 0 Å². The van der Waals surface area contributed by atoms with Crippen molar-refractivity contribution in [3.63, 3.8) is 0 Å². The maximum Gasteiger partial charge on any atom is 0.223 e. The molecule has 146 valence electrons. The third-order valence-electron chi connectivity index (χ3n) is 7.97. The van der Waals surface area contributed by atoms with Gasteiger partial charge in [-0.3, -0.25) is 4.79 Å². The maximum atomic E-state index is 12.2. The van der Waals surface area contributed by atoms with Gasteiger partial charge >= 0.3 is 0 Å². The predicted octanol–water partition coefficient (Wildman–Crippen LogP) is 3.11. The first kappa shape index (κ1) is 17.7. The molecule has 1 saturated heterocycles. The number of hydrogen-bond acceptors (Lipinski definition) is 3. The molecule has 3 unspecified atom stereocenters. The highest BCUT2D eigenvalue weighted by Crippen LogP contribution is 2.61. The van der Waals surface area contributed by atoms with E-state index in [4.69, 9.17) is 5.73 Å². The SMILES string of the molecule is N#C/N=C1/C(Cc2ccccc2)CCN1C1C2CC3CC1CC(C(N)=O)(C3)C2. The van der Waals surface area contributed by atoms with Gasteiger partial charge in [0.2, 0.25) is 12.1 Å². The summed E-state index contributed by atoms with van der Waals surface area (Å²) in [5, 5.41) is 9.37. The fourth-order valence-corrected chi connectivity index (χ4v) is 7.18. The van der Waals surface area contributed by atoms with Crippen LogP contribution in [-0.4, -0.2) is 29.2 Å². The van der Waals surface area contributed by atoms with Crippen LogP contribution in [0.5, 0.6) is 0 Å². The Kier molecular flexibility index (Phi) is 4.19. The lowest BCUT2D eigenvalue weighted by Crippen LogP contribution is -2.62. The van der Waals surface area contributed by atoms with Gasteiger partial charge in [0.1, 0.15) is 5.84 Å². The Hall–Kier alpha value is -2.35. The van der Waals surface area contributed by atoms with E-state index >= 15 is 0 Å². The minimum Gasteiger partial charge on any atom is -0.369 e. The molecule has 4 aliphatic carbocycles. The van der Waals surface area contributed by atoms with Crippen LogP contribution in [0.3, 0.4) is 0 Å². The van der Waals surface area contributed by atoms with Crippen molar-refractivity contribution >= 4 is 11.7 Å². The predicted molar refractivity (Wildman–Crippen MR) is 107 cm³/mol. The molecule has 4 bridgehead atoms. The average molecular weight is 377 g/mol. The zero-order chi connectivity index (χ0) is 19.3. The summed E-state index contributed by atoms with van der Waals surface area (Å²) in [5.74, 6) is 2.89. The summed E-state index contributed by atoms with van der Waals surface area (Å²) < 4.78 is 0. The van der Waals surface area contributed by atoms with E-state index in [2.05, 4.69) is 40.4 Å². The molecular formula is C23H28N4O. The van der Waals surface area contributed by atoms with Crippen molar-refractivity contribution in [3.8, 4) is 6.19 Å². The average Bonchev–Trinajstić information content (AvgIpc) is 3.04. The monoisotopic (exact) mass is 376 g/mol. The number of carbonyl (C=O) groups excluding carboxylic acids is 1. The lowest BCUT2D eigenvalue weighted by atomic mass is 9.47. The Morgan fingerprint density at radius 3 is 2.57 bits per heavy atom. The highest BCUT2D eigenvalue weighted by Gasteiger charge is 2.59. The lowest BCUT2D eigenvalue weighted by Gasteiger charge is -2.60. The van der Waals surface area contributed by atoms with Crippen molar-refractivity contribution in [1.29, 1.82) is 5.26 Å². The first-order valence-electron chi connectivity index (χ1n) is 10.7. The summed E-state index contributed by atoms with van der Waals surface area (Å²) in [6.45, 7) is 0.976. The fraction of sp³-hybridized carbons (Fsp3) is 0.609. The number of likely N-dealkylation sites (tertiary alicyclic amines) is 1. The first-order valence-corrected chi connectivity index (χ1v) is 10.7. The molecule has 1 amide bonds. The summed E-state index contributed by atoms with van der Waals surface area (Å²) in [4.78, 5) is 19.0. The van der Waals surface area contributed by atoms with Crippen LogP contribution in [0.15, 0.2) is 35.3 Å². The number of hydrogen-bond donors (Lipinski definition) is 1. The topological polar surface area (TPSA) is 82.5 Å². The van der Waals surface area contributed by atoms with Gasteiger partial charge in [-0.1, -0.05) is 30.3 Å². The Morgan fingerprint density at radius 2 is 1.93 bits per heavy atom. The van der Waals surface area contributed by atoms with E-state index in [1.54, 1.807) is 0 Å². The molecule has 1 aromatic rings. The van der Waals surface area contributed by atoms with Gasteiger partial charge in [-0.15, -0.1) is 0 Å². The van der Waals surface area contributed by atoms with Crippen molar-refractivity contribution < 1.29 is 4.79 Å². The van der Waals surface area contributed by atoms with Crippen LogP contribution in [-0.2, 0) is 11.2 Å². The van der Waals surface area contributed by atoms with E-state index in [1.807, 2.05) is 6.07 Å². The quantitative estimate of drug-likeness (QED) is 0.820. The van der Waals surface area contributed by atoms with Gasteiger partial charge in [0.25, 0.3) is 0 Å². The Bertz CT molecular complexity index is 826.